The molecule has 0 bridgehead atoms. The molecule has 1 heterocycles. The second-order valence-corrected chi connectivity index (χ2v) is 11.9. The van der Waals surface area contributed by atoms with Crippen molar-refractivity contribution in [2.24, 2.45) is 0 Å². The number of benzene rings is 2. The molecule has 2 aromatic rings. The standard InChI is InChI=1S/C26H34O5S2/c1-25(2,3)31-23(27)12-8-13-30-22-17-19(16-21(18-22)29-4)24(28)26(32-14-9-15-33-26)20-10-6-5-7-11-20/h5-7,10-11,16-18,24,28H,8-9,12-15H2,1-4H3. The number of carbonyl (C=O) groups is 1. The van der Waals surface area contributed by atoms with Gasteiger partial charge in [-0.25, -0.2) is 0 Å². The van der Waals surface area contributed by atoms with Crippen molar-refractivity contribution in [1.82, 2.24) is 0 Å². The highest BCUT2D eigenvalue weighted by atomic mass is 32.2. The zero-order valence-electron chi connectivity index (χ0n) is 19.8. The van der Waals surface area contributed by atoms with Crippen LogP contribution in [0.3, 0.4) is 0 Å². The lowest BCUT2D eigenvalue weighted by Gasteiger charge is -2.40. The van der Waals surface area contributed by atoms with E-state index in [9.17, 15) is 9.90 Å². The van der Waals surface area contributed by atoms with E-state index >= 15 is 0 Å². The number of methoxy groups -OCH3 is 1. The highest BCUT2D eigenvalue weighted by Gasteiger charge is 2.43. The summed E-state index contributed by atoms with van der Waals surface area (Å²) >= 11 is 3.59. The van der Waals surface area contributed by atoms with Crippen LogP contribution in [-0.2, 0) is 13.6 Å². The largest absolute Gasteiger partial charge is 0.497 e. The summed E-state index contributed by atoms with van der Waals surface area (Å²) in [6.45, 7) is 5.94. The molecule has 0 aliphatic carbocycles. The van der Waals surface area contributed by atoms with Crippen molar-refractivity contribution >= 4 is 29.5 Å². The first-order chi connectivity index (χ1) is 15.7. The topological polar surface area (TPSA) is 65.0 Å². The second-order valence-electron chi connectivity index (χ2n) is 8.97. The van der Waals surface area contributed by atoms with Gasteiger partial charge in [0, 0.05) is 12.5 Å². The Bertz CT molecular complexity index is 905. The molecule has 180 valence electrons. The number of aliphatic hydroxyl groups excluding tert-OH is 1. The third-order valence-electron chi connectivity index (χ3n) is 5.13. The van der Waals surface area contributed by atoms with Gasteiger partial charge >= 0.3 is 5.97 Å². The van der Waals surface area contributed by atoms with Crippen LogP contribution < -0.4 is 9.47 Å². The normalized spacial score (nSPS) is 16.6. The Labute approximate surface area is 205 Å². The maximum Gasteiger partial charge on any atom is 0.306 e. The fraction of sp³-hybridized carbons (Fsp3) is 0.500. The molecule has 0 saturated carbocycles. The van der Waals surface area contributed by atoms with Crippen molar-refractivity contribution in [2.75, 3.05) is 25.2 Å². The lowest BCUT2D eigenvalue weighted by Crippen LogP contribution is -2.30. The molecule has 1 fully saturated rings. The summed E-state index contributed by atoms with van der Waals surface area (Å²) in [4.78, 5) is 11.9. The third kappa shape index (κ3) is 7.08. The minimum atomic E-state index is -0.741. The van der Waals surface area contributed by atoms with Gasteiger partial charge in [0.15, 0.2) is 0 Å². The van der Waals surface area contributed by atoms with Crippen molar-refractivity contribution in [1.29, 1.82) is 0 Å². The van der Waals surface area contributed by atoms with Crippen molar-refractivity contribution in [3.63, 3.8) is 0 Å². The van der Waals surface area contributed by atoms with E-state index in [0.29, 0.717) is 30.9 Å². The molecule has 0 spiro atoms. The van der Waals surface area contributed by atoms with E-state index < -0.39 is 15.8 Å². The molecular weight excluding hydrogens is 456 g/mol. The number of esters is 1. The van der Waals surface area contributed by atoms with Crippen LogP contribution in [0.4, 0.5) is 0 Å². The molecule has 1 unspecified atom stereocenters. The van der Waals surface area contributed by atoms with E-state index in [1.165, 1.54) is 0 Å². The Morgan fingerprint density at radius 3 is 2.39 bits per heavy atom. The van der Waals surface area contributed by atoms with Crippen LogP contribution in [0.5, 0.6) is 11.5 Å². The van der Waals surface area contributed by atoms with Gasteiger partial charge < -0.3 is 19.3 Å². The number of hydrogen-bond acceptors (Lipinski definition) is 7. The lowest BCUT2D eigenvalue weighted by atomic mass is 9.99. The first-order valence-corrected chi connectivity index (χ1v) is 13.3. The summed E-state index contributed by atoms with van der Waals surface area (Å²) in [5.41, 5.74) is 1.37. The van der Waals surface area contributed by atoms with Crippen LogP contribution in [0.2, 0.25) is 0 Å². The maximum atomic E-state index is 11.9. The van der Waals surface area contributed by atoms with E-state index in [4.69, 9.17) is 14.2 Å². The van der Waals surface area contributed by atoms with Gasteiger partial charge in [0.05, 0.1) is 13.7 Å². The van der Waals surface area contributed by atoms with Crippen molar-refractivity contribution < 1.29 is 24.1 Å². The first-order valence-electron chi connectivity index (χ1n) is 11.3. The lowest BCUT2D eigenvalue weighted by molar-refractivity contribution is -0.155. The predicted octanol–water partition coefficient (Wildman–Crippen LogP) is 5.95. The van der Waals surface area contributed by atoms with E-state index in [2.05, 4.69) is 12.1 Å². The zero-order chi connectivity index (χ0) is 23.9. The molecule has 2 aromatic carbocycles. The molecule has 7 heteroatoms. The van der Waals surface area contributed by atoms with Gasteiger partial charge in [0.25, 0.3) is 0 Å². The van der Waals surface area contributed by atoms with Crippen LogP contribution in [-0.4, -0.2) is 41.9 Å². The summed E-state index contributed by atoms with van der Waals surface area (Å²) in [6.07, 6.45) is 1.22. The molecule has 3 rings (SSSR count). The number of rotatable bonds is 9. The Morgan fingerprint density at radius 2 is 1.76 bits per heavy atom. The Hall–Kier alpha value is -1.83. The average Bonchev–Trinajstić information content (AvgIpc) is 2.81. The van der Waals surface area contributed by atoms with Gasteiger partial charge in [-0.2, -0.15) is 0 Å². The van der Waals surface area contributed by atoms with Crippen LogP contribution >= 0.6 is 23.5 Å². The summed E-state index contributed by atoms with van der Waals surface area (Å²) in [5.74, 6) is 3.00. The number of ether oxygens (including phenoxy) is 3. The molecule has 33 heavy (non-hydrogen) atoms. The highest BCUT2D eigenvalue weighted by Crippen LogP contribution is 2.57. The molecule has 1 aliphatic rings. The van der Waals surface area contributed by atoms with E-state index in [1.807, 2.05) is 51.1 Å². The minimum absolute atomic E-state index is 0.232. The van der Waals surface area contributed by atoms with Crippen LogP contribution in [0.1, 0.15) is 57.3 Å². The Balaban J connectivity index is 1.75. The second kappa shape index (κ2) is 11.5. The molecule has 5 nitrogen and oxygen atoms in total. The highest BCUT2D eigenvalue weighted by molar-refractivity contribution is 8.18. The fourth-order valence-electron chi connectivity index (χ4n) is 3.67. The van der Waals surface area contributed by atoms with Crippen LogP contribution in [0, 0.1) is 0 Å². The van der Waals surface area contributed by atoms with Gasteiger partial charge in [0.1, 0.15) is 27.3 Å². The molecule has 0 radical (unpaired) electrons. The summed E-state index contributed by atoms with van der Waals surface area (Å²) in [6, 6.07) is 15.8. The van der Waals surface area contributed by atoms with Crippen LogP contribution in [0.15, 0.2) is 48.5 Å². The molecule has 1 N–H and O–H groups in total. The van der Waals surface area contributed by atoms with Gasteiger partial charge in [-0.1, -0.05) is 30.3 Å². The monoisotopic (exact) mass is 490 g/mol. The maximum absolute atomic E-state index is 11.9. The van der Waals surface area contributed by atoms with Gasteiger partial charge in [-0.3, -0.25) is 4.79 Å². The van der Waals surface area contributed by atoms with Gasteiger partial charge in [-0.05, 0) is 68.4 Å². The third-order valence-corrected chi connectivity index (χ3v) is 8.59. The fourth-order valence-corrected chi connectivity index (χ4v) is 7.07. The number of aliphatic hydroxyl groups is 1. The molecule has 1 saturated heterocycles. The quantitative estimate of drug-likeness (QED) is 0.344. The number of carbonyl (C=O) groups excluding carboxylic acids is 1. The first kappa shape index (κ1) is 25.8. The summed E-state index contributed by atoms with van der Waals surface area (Å²) in [5, 5.41) is 11.6. The van der Waals surface area contributed by atoms with E-state index in [0.717, 1.165) is 29.1 Å². The van der Waals surface area contributed by atoms with Crippen molar-refractivity contribution in [3.05, 3.63) is 59.7 Å². The minimum Gasteiger partial charge on any atom is -0.497 e. The van der Waals surface area contributed by atoms with Crippen LogP contribution in [0.25, 0.3) is 0 Å². The molecule has 1 aliphatic heterocycles. The number of hydrogen-bond donors (Lipinski definition) is 1. The summed E-state index contributed by atoms with van der Waals surface area (Å²) < 4.78 is 16.3. The Morgan fingerprint density at radius 1 is 1.09 bits per heavy atom. The number of thioether (sulfide) groups is 2. The van der Waals surface area contributed by atoms with E-state index in [-0.39, 0.29) is 5.97 Å². The van der Waals surface area contributed by atoms with Crippen molar-refractivity contribution in [3.8, 4) is 11.5 Å². The SMILES string of the molecule is COc1cc(OCCCC(=O)OC(C)(C)C)cc(C(O)C2(c3ccccc3)SCCCS2)c1. The molecule has 0 amide bonds. The average molecular weight is 491 g/mol. The molecular formula is C26H34O5S2. The van der Waals surface area contributed by atoms with E-state index in [1.54, 1.807) is 36.7 Å². The summed E-state index contributed by atoms with van der Waals surface area (Å²) in [7, 11) is 1.61. The van der Waals surface area contributed by atoms with Gasteiger partial charge in [0.2, 0.25) is 0 Å². The van der Waals surface area contributed by atoms with Crippen molar-refractivity contribution in [2.45, 2.75) is 55.8 Å². The molecule has 0 aromatic heterocycles. The molecule has 1 atom stereocenters. The Kier molecular flexibility index (Phi) is 9.02. The van der Waals surface area contributed by atoms with Gasteiger partial charge in [-0.15, -0.1) is 23.5 Å². The smallest absolute Gasteiger partial charge is 0.306 e. The zero-order valence-corrected chi connectivity index (χ0v) is 21.5. The predicted molar refractivity (Wildman–Crippen MR) is 136 cm³/mol.